The third-order valence-electron chi connectivity index (χ3n) is 4.51. The Kier molecular flexibility index (Phi) is 5.01. The lowest BCUT2D eigenvalue weighted by atomic mass is 10.1. The molecule has 0 aliphatic carbocycles. The summed E-state index contributed by atoms with van der Waals surface area (Å²) in [6, 6.07) is 23.4. The molecule has 1 atom stereocenters. The van der Waals surface area contributed by atoms with Crippen LogP contribution in [0.2, 0.25) is 0 Å². The van der Waals surface area contributed by atoms with E-state index in [2.05, 4.69) is 28.0 Å². The van der Waals surface area contributed by atoms with Gasteiger partial charge in [-0.25, -0.2) is 0 Å². The van der Waals surface area contributed by atoms with E-state index in [1.54, 1.807) is 10.9 Å². The zero-order chi connectivity index (χ0) is 19.3. The van der Waals surface area contributed by atoms with E-state index in [9.17, 15) is 4.79 Å². The number of carbonyl (C=O) groups excluding carboxylic acids is 1. The van der Waals surface area contributed by atoms with Gasteiger partial charge in [0, 0.05) is 13.3 Å². The first kappa shape index (κ1) is 17.7. The number of hydrogen-bond acceptors (Lipinski definition) is 3. The van der Waals surface area contributed by atoms with Crippen molar-refractivity contribution < 1.29 is 14.0 Å². The summed E-state index contributed by atoms with van der Waals surface area (Å²) in [5, 5.41) is 12.8. The van der Waals surface area contributed by atoms with Gasteiger partial charge >= 0.3 is 0 Å². The van der Waals surface area contributed by atoms with Crippen molar-refractivity contribution >= 4 is 28.4 Å². The fourth-order valence-electron chi connectivity index (χ4n) is 3.07. The van der Waals surface area contributed by atoms with Crippen LogP contribution in [0.15, 0.2) is 83.5 Å². The highest BCUT2D eigenvalue weighted by Gasteiger charge is 2.19. The first-order chi connectivity index (χ1) is 13.7. The first-order valence-electron chi connectivity index (χ1n) is 9.11. The Hall–Kier alpha value is -3.67. The first-order valence-corrected chi connectivity index (χ1v) is 9.11. The van der Waals surface area contributed by atoms with Crippen LogP contribution in [-0.4, -0.2) is 11.3 Å². The molecule has 4 rings (SSSR count). The van der Waals surface area contributed by atoms with Crippen LogP contribution in [-0.2, 0) is 6.42 Å². The van der Waals surface area contributed by atoms with Gasteiger partial charge in [-0.2, -0.15) is 0 Å². The van der Waals surface area contributed by atoms with Gasteiger partial charge in [0.2, 0.25) is 12.1 Å². The Morgan fingerprint density at radius 3 is 2.64 bits per heavy atom. The molecule has 4 aromatic rings. The monoisotopic (exact) mass is 372 g/mol. The number of urea groups is 1. The molecule has 6 nitrogen and oxygen atoms in total. The molecule has 3 aromatic carbocycles. The molecule has 1 aromatic heterocycles. The van der Waals surface area contributed by atoms with Crippen molar-refractivity contribution in [2.75, 3.05) is 5.32 Å². The van der Waals surface area contributed by atoms with Crippen LogP contribution >= 0.6 is 0 Å². The molecule has 2 amide bonds. The Morgan fingerprint density at radius 2 is 1.82 bits per heavy atom. The van der Waals surface area contributed by atoms with Crippen LogP contribution in [0, 0.1) is 0 Å². The summed E-state index contributed by atoms with van der Waals surface area (Å²) in [6.45, 7) is 2.04. The third kappa shape index (κ3) is 4.17. The summed E-state index contributed by atoms with van der Waals surface area (Å²) in [5.74, 6) is 0.165. The van der Waals surface area contributed by atoms with E-state index in [1.165, 1.54) is 5.56 Å². The minimum absolute atomic E-state index is 0.0821. The predicted molar refractivity (Wildman–Crippen MR) is 108 cm³/mol. The van der Waals surface area contributed by atoms with Crippen molar-refractivity contribution in [2.24, 2.45) is 0 Å². The number of amides is 2. The van der Waals surface area contributed by atoms with E-state index in [0.717, 1.165) is 17.2 Å². The summed E-state index contributed by atoms with van der Waals surface area (Å²) in [6.07, 6.45) is 2.44. The number of carbonyl (C=O) groups is 1. The summed E-state index contributed by atoms with van der Waals surface area (Å²) in [7, 11) is 0. The van der Waals surface area contributed by atoms with Gasteiger partial charge in [0.1, 0.15) is 0 Å². The highest BCUT2D eigenvalue weighted by Crippen LogP contribution is 2.21. The van der Waals surface area contributed by atoms with Gasteiger partial charge in [-0.3, -0.25) is 4.79 Å². The molecule has 1 unspecified atom stereocenters. The number of nitrogens with one attached hydrogen (secondary N) is 1. The molecule has 0 bridgehead atoms. The summed E-state index contributed by atoms with van der Waals surface area (Å²) in [4.78, 5) is 12.2. The maximum absolute atomic E-state index is 12.2. The zero-order valence-electron chi connectivity index (χ0n) is 15.4. The van der Waals surface area contributed by atoms with E-state index in [-0.39, 0.29) is 11.9 Å². The van der Waals surface area contributed by atoms with Crippen molar-refractivity contribution in [2.45, 2.75) is 19.4 Å². The van der Waals surface area contributed by atoms with Gasteiger partial charge in [-0.1, -0.05) is 72.8 Å². The fraction of sp³-hybridized carbons (Fsp3) is 0.136. The van der Waals surface area contributed by atoms with Gasteiger partial charge in [0.05, 0.1) is 0 Å². The topological polar surface area (TPSA) is 73.1 Å². The second kappa shape index (κ2) is 7.92. The van der Waals surface area contributed by atoms with Crippen molar-refractivity contribution in [3.8, 4) is 0 Å². The summed E-state index contributed by atoms with van der Waals surface area (Å²) >= 11 is 0. The van der Waals surface area contributed by atoms with Crippen LogP contribution in [0.1, 0.15) is 18.5 Å². The van der Waals surface area contributed by atoms with Gasteiger partial charge in [0.25, 0.3) is 0 Å². The van der Waals surface area contributed by atoms with Crippen molar-refractivity contribution in [1.29, 1.82) is 0 Å². The highest BCUT2D eigenvalue weighted by atomic mass is 16.5. The fourth-order valence-corrected chi connectivity index (χ4v) is 3.07. The zero-order valence-corrected chi connectivity index (χ0v) is 15.4. The van der Waals surface area contributed by atoms with Crippen molar-refractivity contribution in [3.63, 3.8) is 0 Å². The average Bonchev–Trinajstić information content (AvgIpc) is 3.17. The second-order valence-corrected chi connectivity index (χ2v) is 6.66. The van der Waals surface area contributed by atoms with Gasteiger partial charge in [-0.15, -0.1) is 0 Å². The summed E-state index contributed by atoms with van der Waals surface area (Å²) in [5.41, 5.74) is 1.88. The van der Waals surface area contributed by atoms with Gasteiger partial charge < -0.3 is 15.2 Å². The molecular formula is C22H20N4O2. The number of benzene rings is 3. The van der Waals surface area contributed by atoms with Gasteiger partial charge in [-0.05, 0) is 26.7 Å². The quantitative estimate of drug-likeness (QED) is 0.492. The predicted octanol–water partition coefficient (Wildman–Crippen LogP) is 5.16. The Bertz CT molecular complexity index is 1090. The van der Waals surface area contributed by atoms with Crippen molar-refractivity contribution in [1.82, 2.24) is 5.27 Å². The van der Waals surface area contributed by atoms with Crippen LogP contribution in [0.5, 0.6) is 0 Å². The molecule has 0 saturated carbocycles. The SMILES string of the molecule is CC(Cc1ccccc1)[n+]1cc([N-]C(=O)Nc2ccc3ccccc3c2)on1. The number of hydrogen-bond donors (Lipinski definition) is 1. The van der Waals surface area contributed by atoms with Crippen LogP contribution in [0.25, 0.3) is 16.1 Å². The molecule has 0 radical (unpaired) electrons. The summed E-state index contributed by atoms with van der Waals surface area (Å²) < 4.78 is 6.86. The number of rotatable bonds is 5. The largest absolute Gasteiger partial charge is 0.424 e. The number of nitrogens with zero attached hydrogens (tertiary/aromatic N) is 3. The van der Waals surface area contributed by atoms with Crippen LogP contribution in [0.3, 0.4) is 0 Å². The standard InChI is InChI=1S/C22H20N4O2/c1-16(13-17-7-3-2-4-8-17)26-15-21(28-25-26)24-22(27)23-20-12-11-18-9-5-6-10-19(18)14-20/h2-12,14-16H,13H2,1H3,(H-,23,24,25,27). The molecule has 6 heteroatoms. The van der Waals surface area contributed by atoms with Gasteiger partial charge in [0.15, 0.2) is 17.3 Å². The number of anilines is 1. The molecule has 140 valence electrons. The molecular weight excluding hydrogens is 352 g/mol. The van der Waals surface area contributed by atoms with E-state index in [1.807, 2.05) is 67.6 Å². The molecule has 0 saturated heterocycles. The number of aromatic nitrogens is 2. The third-order valence-corrected chi connectivity index (χ3v) is 4.51. The van der Waals surface area contributed by atoms with E-state index >= 15 is 0 Å². The lowest BCUT2D eigenvalue weighted by Gasteiger charge is -2.13. The lowest BCUT2D eigenvalue weighted by Crippen LogP contribution is -2.39. The smallest absolute Gasteiger partial charge is 0.241 e. The molecule has 0 fully saturated rings. The Balaban J connectivity index is 1.38. The lowest BCUT2D eigenvalue weighted by molar-refractivity contribution is -0.782. The highest BCUT2D eigenvalue weighted by molar-refractivity contribution is 6.04. The average molecular weight is 372 g/mol. The molecule has 1 heterocycles. The molecule has 0 aliphatic heterocycles. The Labute approximate surface area is 162 Å². The molecule has 28 heavy (non-hydrogen) atoms. The van der Waals surface area contributed by atoms with E-state index in [0.29, 0.717) is 5.69 Å². The molecule has 0 aliphatic rings. The second-order valence-electron chi connectivity index (χ2n) is 6.66. The Morgan fingerprint density at radius 1 is 1.07 bits per heavy atom. The van der Waals surface area contributed by atoms with Crippen LogP contribution < -0.4 is 10.00 Å². The molecule has 1 N–H and O–H groups in total. The van der Waals surface area contributed by atoms with Crippen molar-refractivity contribution in [3.05, 3.63) is 89.9 Å². The normalized spacial score (nSPS) is 11.9. The minimum atomic E-state index is -0.505. The maximum atomic E-state index is 12.2. The molecule has 0 spiro atoms. The van der Waals surface area contributed by atoms with Crippen LogP contribution in [0.4, 0.5) is 16.4 Å². The van der Waals surface area contributed by atoms with E-state index < -0.39 is 6.03 Å². The number of fused-ring (bicyclic) bond motifs is 1. The maximum Gasteiger partial charge on any atom is 0.241 e. The van der Waals surface area contributed by atoms with E-state index in [4.69, 9.17) is 4.52 Å². The minimum Gasteiger partial charge on any atom is -0.424 e.